The molecule has 1 saturated heterocycles. The van der Waals surface area contributed by atoms with Crippen molar-refractivity contribution in [2.24, 2.45) is 0 Å². The molecule has 4 rings (SSSR count). The van der Waals surface area contributed by atoms with Gasteiger partial charge in [0.25, 0.3) is 11.5 Å². The molecular formula is C20H19FN4O2. The first-order chi connectivity index (χ1) is 13.1. The van der Waals surface area contributed by atoms with Crippen molar-refractivity contribution in [3.8, 4) is 0 Å². The molecule has 0 atom stereocenters. The Bertz CT molecular complexity index is 1060. The Morgan fingerprint density at radius 1 is 1.11 bits per heavy atom. The number of rotatable bonds is 3. The Morgan fingerprint density at radius 2 is 1.85 bits per heavy atom. The number of halogens is 1. The maximum Gasteiger partial charge on any atom is 0.272 e. The molecule has 0 unspecified atom stereocenters. The Balaban J connectivity index is 1.68. The number of carbonyl (C=O) groups is 1. The summed E-state index contributed by atoms with van der Waals surface area (Å²) in [6.45, 7) is 2.79. The average Bonchev–Trinajstić information content (AvgIpc) is 2.72. The molecule has 0 spiro atoms. The molecule has 0 aliphatic carbocycles. The molecular weight excluding hydrogens is 347 g/mol. The number of aromatic nitrogens is 2. The zero-order valence-corrected chi connectivity index (χ0v) is 14.7. The number of H-pyrrole nitrogens is 1. The van der Waals surface area contributed by atoms with E-state index in [1.807, 2.05) is 6.07 Å². The summed E-state index contributed by atoms with van der Waals surface area (Å²) in [5.74, 6) is -0.499. The van der Waals surface area contributed by atoms with Gasteiger partial charge in [-0.2, -0.15) is 5.10 Å². The van der Waals surface area contributed by atoms with Crippen molar-refractivity contribution in [3.63, 3.8) is 0 Å². The summed E-state index contributed by atoms with van der Waals surface area (Å²) in [5, 5.41) is 11.0. The van der Waals surface area contributed by atoms with Gasteiger partial charge in [-0.25, -0.2) is 9.49 Å². The maximum absolute atomic E-state index is 14.4. The second-order valence-electron chi connectivity index (χ2n) is 6.57. The highest BCUT2D eigenvalue weighted by Crippen LogP contribution is 2.20. The number of piperazine rings is 1. The fraction of sp³-hybridized carbons (Fsp3) is 0.250. The van der Waals surface area contributed by atoms with Crippen molar-refractivity contribution in [1.82, 2.24) is 20.4 Å². The van der Waals surface area contributed by atoms with Gasteiger partial charge in [0.05, 0.1) is 11.1 Å². The molecule has 7 heteroatoms. The Morgan fingerprint density at radius 3 is 2.63 bits per heavy atom. The highest BCUT2D eigenvalue weighted by Gasteiger charge is 2.19. The molecule has 6 nitrogen and oxygen atoms in total. The van der Waals surface area contributed by atoms with Gasteiger partial charge in [0.2, 0.25) is 0 Å². The van der Waals surface area contributed by atoms with Gasteiger partial charge in [-0.3, -0.25) is 9.59 Å². The molecule has 1 aliphatic heterocycles. The highest BCUT2D eigenvalue weighted by atomic mass is 19.1. The fourth-order valence-corrected chi connectivity index (χ4v) is 3.38. The van der Waals surface area contributed by atoms with Crippen molar-refractivity contribution < 1.29 is 9.18 Å². The summed E-state index contributed by atoms with van der Waals surface area (Å²) in [5.41, 5.74) is 1.12. The van der Waals surface area contributed by atoms with Crippen LogP contribution < -0.4 is 10.9 Å². The summed E-state index contributed by atoms with van der Waals surface area (Å²) in [6.07, 6.45) is 0.186. The molecule has 27 heavy (non-hydrogen) atoms. The second kappa shape index (κ2) is 7.28. The molecule has 2 N–H and O–H groups in total. The van der Waals surface area contributed by atoms with E-state index in [0.29, 0.717) is 40.7 Å². The van der Waals surface area contributed by atoms with E-state index in [9.17, 15) is 14.0 Å². The van der Waals surface area contributed by atoms with Crippen LogP contribution in [0.3, 0.4) is 0 Å². The first kappa shape index (κ1) is 17.4. The zero-order chi connectivity index (χ0) is 18.8. The number of nitrogens with one attached hydrogen (secondary N) is 2. The third kappa shape index (κ3) is 3.46. The van der Waals surface area contributed by atoms with E-state index in [0.717, 1.165) is 13.1 Å². The monoisotopic (exact) mass is 366 g/mol. The van der Waals surface area contributed by atoms with Crippen LogP contribution in [0.1, 0.15) is 21.6 Å². The van der Waals surface area contributed by atoms with Gasteiger partial charge in [0.1, 0.15) is 5.82 Å². The van der Waals surface area contributed by atoms with Crippen LogP contribution in [0.15, 0.2) is 47.3 Å². The predicted molar refractivity (Wildman–Crippen MR) is 100 cm³/mol. The zero-order valence-electron chi connectivity index (χ0n) is 14.7. The highest BCUT2D eigenvalue weighted by molar-refractivity contribution is 5.94. The first-order valence-electron chi connectivity index (χ1n) is 8.88. The van der Waals surface area contributed by atoms with Gasteiger partial charge in [-0.05, 0) is 29.8 Å². The molecule has 1 amide bonds. The summed E-state index contributed by atoms with van der Waals surface area (Å²) in [7, 11) is 0. The Labute approximate surface area is 155 Å². The fourth-order valence-electron chi connectivity index (χ4n) is 3.38. The van der Waals surface area contributed by atoms with E-state index < -0.39 is 5.82 Å². The number of hydrogen-bond acceptors (Lipinski definition) is 4. The Hall–Kier alpha value is -3.06. The van der Waals surface area contributed by atoms with E-state index in [1.165, 1.54) is 12.1 Å². The molecule has 0 radical (unpaired) electrons. The smallest absolute Gasteiger partial charge is 0.272 e. The predicted octanol–water partition coefficient (Wildman–Crippen LogP) is 1.70. The van der Waals surface area contributed by atoms with Gasteiger partial charge < -0.3 is 10.2 Å². The lowest BCUT2D eigenvalue weighted by molar-refractivity contribution is 0.0735. The van der Waals surface area contributed by atoms with Crippen molar-refractivity contribution >= 4 is 16.7 Å². The van der Waals surface area contributed by atoms with Crippen molar-refractivity contribution in [1.29, 1.82) is 0 Å². The number of carbonyl (C=O) groups excluding carboxylic acids is 1. The number of benzene rings is 2. The number of aromatic amines is 1. The molecule has 2 heterocycles. The third-order valence-electron chi connectivity index (χ3n) is 4.83. The van der Waals surface area contributed by atoms with Crippen LogP contribution >= 0.6 is 0 Å². The van der Waals surface area contributed by atoms with Crippen LogP contribution in [-0.2, 0) is 6.42 Å². The number of nitrogens with zero attached hydrogens (tertiary/aromatic N) is 2. The van der Waals surface area contributed by atoms with Gasteiger partial charge in [-0.1, -0.05) is 18.2 Å². The summed E-state index contributed by atoms with van der Waals surface area (Å²) >= 11 is 0. The molecule has 0 saturated carbocycles. The molecule has 1 aliphatic rings. The van der Waals surface area contributed by atoms with E-state index in [1.54, 1.807) is 29.2 Å². The van der Waals surface area contributed by atoms with E-state index in [4.69, 9.17) is 0 Å². The van der Waals surface area contributed by atoms with Crippen LogP contribution in [0.25, 0.3) is 10.8 Å². The lowest BCUT2D eigenvalue weighted by Gasteiger charge is -2.27. The summed E-state index contributed by atoms with van der Waals surface area (Å²) < 4.78 is 14.4. The van der Waals surface area contributed by atoms with Crippen LogP contribution in [0.4, 0.5) is 4.39 Å². The largest absolute Gasteiger partial charge is 0.336 e. The van der Waals surface area contributed by atoms with E-state index in [-0.39, 0.29) is 17.9 Å². The molecule has 1 fully saturated rings. The minimum Gasteiger partial charge on any atom is -0.336 e. The molecule has 2 aromatic carbocycles. The maximum atomic E-state index is 14.4. The van der Waals surface area contributed by atoms with Gasteiger partial charge in [-0.15, -0.1) is 0 Å². The van der Waals surface area contributed by atoms with Crippen molar-refractivity contribution in [2.75, 3.05) is 26.2 Å². The quantitative estimate of drug-likeness (QED) is 0.740. The van der Waals surface area contributed by atoms with Crippen LogP contribution in [-0.4, -0.2) is 47.2 Å². The minimum absolute atomic E-state index is 0.1000. The van der Waals surface area contributed by atoms with Crippen molar-refractivity contribution in [3.05, 3.63) is 75.5 Å². The van der Waals surface area contributed by atoms with E-state index >= 15 is 0 Å². The number of fused-ring (bicyclic) bond motifs is 1. The molecule has 1 aromatic heterocycles. The number of hydrogen-bond donors (Lipinski definition) is 2. The van der Waals surface area contributed by atoms with Crippen molar-refractivity contribution in [2.45, 2.75) is 6.42 Å². The third-order valence-corrected chi connectivity index (χ3v) is 4.83. The topological polar surface area (TPSA) is 78.1 Å². The van der Waals surface area contributed by atoms with Crippen LogP contribution in [0.2, 0.25) is 0 Å². The number of amides is 1. The van der Waals surface area contributed by atoms with Gasteiger partial charge in [0, 0.05) is 43.5 Å². The van der Waals surface area contributed by atoms with Gasteiger partial charge in [0.15, 0.2) is 0 Å². The summed E-state index contributed by atoms with van der Waals surface area (Å²) in [4.78, 5) is 26.4. The summed E-state index contributed by atoms with van der Waals surface area (Å²) in [6, 6.07) is 11.5. The molecule has 0 bridgehead atoms. The SMILES string of the molecule is O=C(c1ccc(F)c(Cc2n[nH]c(=O)c3ccccc23)c1)N1CCNCC1. The lowest BCUT2D eigenvalue weighted by Crippen LogP contribution is -2.46. The average molecular weight is 366 g/mol. The first-order valence-corrected chi connectivity index (χ1v) is 8.88. The van der Waals surface area contributed by atoms with E-state index in [2.05, 4.69) is 15.5 Å². The normalized spacial score (nSPS) is 14.5. The lowest BCUT2D eigenvalue weighted by atomic mass is 10.0. The minimum atomic E-state index is -0.399. The molecule has 138 valence electrons. The Kier molecular flexibility index (Phi) is 4.68. The van der Waals surface area contributed by atoms with Gasteiger partial charge >= 0.3 is 0 Å². The van der Waals surface area contributed by atoms with Crippen LogP contribution in [0, 0.1) is 5.82 Å². The van der Waals surface area contributed by atoms with Crippen LogP contribution in [0.5, 0.6) is 0 Å². The second-order valence-corrected chi connectivity index (χ2v) is 6.57. The standard InChI is InChI=1S/C20H19FN4O2/c21-17-6-5-13(20(27)25-9-7-22-8-10-25)11-14(17)12-18-15-3-1-2-4-16(15)19(26)24-23-18/h1-6,11,22H,7-10,12H2,(H,24,26). The molecule has 3 aromatic rings.